The standard InChI is InChI=1S/C66H44N4O2/c1-39(67(43-19-7-5-8-20-43)55-29-17-33-61-63(55)49-23-11-13-31-59(49)71-61)35-51-41(3)69-57-37-54-48-28-16-26-46-52(42(4)70(66(46)48)58(54)38-53(57)47-27-15-25-45(51)65(47)69)36-40(2)68(44-21-9-6-10-22-44)56-30-18-34-62-64(56)50-24-12-14-32-60(50)72-62/h5-17,19-33,35-38H,1-4,18,34H2/b51-35+,52-36+. The van der Waals surface area contributed by atoms with Crippen molar-refractivity contribution in [2.24, 2.45) is 0 Å². The number of hydrogen-bond donors (Lipinski definition) is 0. The molecule has 8 aromatic carbocycles. The van der Waals surface area contributed by atoms with Crippen LogP contribution in [0.3, 0.4) is 0 Å². The summed E-state index contributed by atoms with van der Waals surface area (Å²) in [5.74, 6) is 1.01. The largest absolute Gasteiger partial charge is 0.460 e. The second-order valence-electron chi connectivity index (χ2n) is 19.1. The van der Waals surface area contributed by atoms with Crippen LogP contribution in [-0.2, 0) is 6.42 Å². The molecule has 0 fully saturated rings. The van der Waals surface area contributed by atoms with Gasteiger partial charge >= 0.3 is 0 Å². The number of anilines is 3. The van der Waals surface area contributed by atoms with Crippen molar-refractivity contribution in [1.82, 2.24) is 8.80 Å². The first-order valence-corrected chi connectivity index (χ1v) is 24.5. The summed E-state index contributed by atoms with van der Waals surface area (Å²) in [5.41, 5.74) is 14.0. The predicted molar refractivity (Wildman–Crippen MR) is 301 cm³/mol. The van der Waals surface area contributed by atoms with Crippen LogP contribution in [0.4, 0.5) is 17.1 Å². The van der Waals surface area contributed by atoms with Crippen LogP contribution in [0.5, 0.6) is 0 Å². The van der Waals surface area contributed by atoms with Crippen molar-refractivity contribution in [3.05, 3.63) is 239 Å². The molecule has 0 atom stereocenters. The minimum absolute atomic E-state index is 0.814. The van der Waals surface area contributed by atoms with Gasteiger partial charge in [-0.25, -0.2) is 0 Å². The number of para-hydroxylation sites is 6. The van der Waals surface area contributed by atoms with Crippen LogP contribution in [-0.4, -0.2) is 8.80 Å². The number of rotatable bonds is 8. The summed E-state index contributed by atoms with van der Waals surface area (Å²) in [7, 11) is 0. The van der Waals surface area contributed by atoms with Gasteiger partial charge in [0.2, 0.25) is 0 Å². The van der Waals surface area contributed by atoms with Crippen molar-refractivity contribution >= 4 is 135 Å². The Bertz CT molecular complexity index is 4890. The highest BCUT2D eigenvalue weighted by Crippen LogP contribution is 2.43. The molecule has 6 heteroatoms. The molecular weight excluding hydrogens is 881 g/mol. The van der Waals surface area contributed by atoms with Crippen molar-refractivity contribution in [1.29, 1.82) is 0 Å². The quantitative estimate of drug-likeness (QED) is 0.152. The zero-order valence-electron chi connectivity index (χ0n) is 39.3. The van der Waals surface area contributed by atoms with E-state index in [4.69, 9.17) is 35.2 Å². The molecule has 0 amide bonds. The van der Waals surface area contributed by atoms with E-state index in [1.54, 1.807) is 0 Å². The lowest BCUT2D eigenvalue weighted by atomic mass is 9.97. The summed E-state index contributed by atoms with van der Waals surface area (Å²) >= 11 is 0. The van der Waals surface area contributed by atoms with E-state index in [-0.39, 0.29) is 0 Å². The molecule has 340 valence electrons. The van der Waals surface area contributed by atoms with E-state index in [0.29, 0.717) is 0 Å². The first-order valence-electron chi connectivity index (χ1n) is 24.5. The van der Waals surface area contributed by atoms with Crippen molar-refractivity contribution in [2.45, 2.75) is 12.8 Å². The van der Waals surface area contributed by atoms with Crippen LogP contribution in [0.25, 0.3) is 118 Å². The summed E-state index contributed by atoms with van der Waals surface area (Å²) < 4.78 is 17.5. The summed E-state index contributed by atoms with van der Waals surface area (Å²) in [5, 5.41) is 14.1. The average molecular weight is 925 g/mol. The van der Waals surface area contributed by atoms with Crippen LogP contribution in [0, 0.1) is 0 Å². The first-order chi connectivity index (χ1) is 35.4. The van der Waals surface area contributed by atoms with Gasteiger partial charge < -0.3 is 27.4 Å². The van der Waals surface area contributed by atoms with Gasteiger partial charge in [-0.2, -0.15) is 0 Å². The fourth-order valence-corrected chi connectivity index (χ4v) is 12.2. The topological polar surface area (TPSA) is 41.6 Å². The third kappa shape index (κ3) is 5.54. The Morgan fingerprint density at radius 3 is 1.58 bits per heavy atom. The van der Waals surface area contributed by atoms with E-state index in [2.05, 4.69) is 182 Å². The molecule has 6 aromatic heterocycles. The van der Waals surface area contributed by atoms with E-state index in [0.717, 1.165) is 145 Å². The van der Waals surface area contributed by atoms with Gasteiger partial charge in [0.05, 0.1) is 38.8 Å². The maximum Gasteiger partial charge on any atom is 0.137 e. The number of aromatic nitrogens is 2. The van der Waals surface area contributed by atoms with Crippen LogP contribution in [0.15, 0.2) is 215 Å². The number of allylic oxidation sites excluding steroid dienone is 3. The second-order valence-corrected chi connectivity index (χ2v) is 19.1. The molecule has 6 nitrogen and oxygen atoms in total. The number of fused-ring (bicyclic) bond motifs is 12. The Labute approximate surface area is 412 Å². The fraction of sp³-hybridized carbons (Fsp3) is 0.0303. The smallest absolute Gasteiger partial charge is 0.137 e. The third-order valence-electron chi connectivity index (χ3n) is 15.2. The lowest BCUT2D eigenvalue weighted by Crippen LogP contribution is -2.27. The summed E-state index contributed by atoms with van der Waals surface area (Å²) in [6.07, 6.45) is 8.48. The molecule has 72 heavy (non-hydrogen) atoms. The summed E-state index contributed by atoms with van der Waals surface area (Å²) in [4.78, 5) is 4.52. The molecule has 0 saturated carbocycles. The maximum absolute atomic E-state index is 6.46. The molecule has 0 saturated heterocycles. The highest BCUT2D eigenvalue weighted by Gasteiger charge is 2.28. The molecule has 1 aliphatic rings. The second kappa shape index (κ2) is 15.0. The number of furan rings is 2. The Morgan fingerprint density at radius 2 is 0.958 bits per heavy atom. The Morgan fingerprint density at radius 1 is 0.472 bits per heavy atom. The van der Waals surface area contributed by atoms with Crippen LogP contribution in [0.1, 0.15) is 17.7 Å². The van der Waals surface area contributed by atoms with Crippen LogP contribution < -0.4 is 30.9 Å². The zero-order valence-corrected chi connectivity index (χ0v) is 39.3. The van der Waals surface area contributed by atoms with Gasteiger partial charge in [-0.05, 0) is 79.2 Å². The van der Waals surface area contributed by atoms with E-state index < -0.39 is 0 Å². The molecule has 0 aliphatic heterocycles. The first kappa shape index (κ1) is 40.4. The minimum Gasteiger partial charge on any atom is -0.460 e. The van der Waals surface area contributed by atoms with Crippen LogP contribution >= 0.6 is 0 Å². The van der Waals surface area contributed by atoms with E-state index in [1.807, 2.05) is 30.3 Å². The molecular formula is C66H44N4O2. The van der Waals surface area contributed by atoms with Gasteiger partial charge in [-0.1, -0.05) is 148 Å². The molecule has 14 aromatic rings. The van der Waals surface area contributed by atoms with Crippen molar-refractivity contribution in [3.63, 3.8) is 0 Å². The van der Waals surface area contributed by atoms with Gasteiger partial charge in [0, 0.05) is 99.0 Å². The van der Waals surface area contributed by atoms with E-state index >= 15 is 0 Å². The van der Waals surface area contributed by atoms with Gasteiger partial charge in [0.1, 0.15) is 22.5 Å². The van der Waals surface area contributed by atoms with E-state index in [1.165, 1.54) is 21.5 Å². The van der Waals surface area contributed by atoms with Crippen molar-refractivity contribution in [2.75, 3.05) is 9.80 Å². The molecule has 15 rings (SSSR count). The Kier molecular flexibility index (Phi) is 8.41. The summed E-state index contributed by atoms with van der Waals surface area (Å²) in [6, 6.07) is 61.8. The van der Waals surface area contributed by atoms with Gasteiger partial charge in [-0.3, -0.25) is 0 Å². The maximum atomic E-state index is 6.46. The molecule has 0 unspecified atom stereocenters. The molecule has 6 heterocycles. The number of benzene rings is 8. The SMILES string of the molecule is C=C(/C=c1\c(=C)n2c3cc4c5cccc6/c(=C/C(=C)N(c7ccccc7)c7cccc8oc9ccccc9c78)c(=C)n(c4cc3c3cccc1c32)c65)N(C1=CCCc2oc3ccccc3c21)c1ccccc1. The summed E-state index contributed by atoms with van der Waals surface area (Å²) in [6.45, 7) is 19.2. The number of hydrogen-bond acceptors (Lipinski definition) is 4. The van der Waals surface area contributed by atoms with Gasteiger partial charge in [-0.15, -0.1) is 0 Å². The third-order valence-corrected chi connectivity index (χ3v) is 15.2. The lowest BCUT2D eigenvalue weighted by Gasteiger charge is -2.30. The molecule has 1 aliphatic carbocycles. The lowest BCUT2D eigenvalue weighted by molar-refractivity contribution is 0.545. The molecule has 0 spiro atoms. The Balaban J connectivity index is 0.899. The Hall–Kier alpha value is -9.52. The van der Waals surface area contributed by atoms with Crippen molar-refractivity contribution in [3.8, 4) is 0 Å². The fourth-order valence-electron chi connectivity index (χ4n) is 12.2. The van der Waals surface area contributed by atoms with Gasteiger partial charge in [0.15, 0.2) is 0 Å². The molecule has 0 N–H and O–H groups in total. The monoisotopic (exact) mass is 924 g/mol. The van der Waals surface area contributed by atoms with Crippen LogP contribution in [0.2, 0.25) is 0 Å². The zero-order chi connectivity index (χ0) is 47.9. The predicted octanol–water partition coefficient (Wildman–Crippen LogP) is 14.1. The minimum atomic E-state index is 0.814. The highest BCUT2D eigenvalue weighted by atomic mass is 16.3. The normalized spacial score (nSPS) is 13.6. The molecule has 0 radical (unpaired) electrons. The van der Waals surface area contributed by atoms with E-state index in [9.17, 15) is 0 Å². The van der Waals surface area contributed by atoms with Crippen molar-refractivity contribution < 1.29 is 8.83 Å². The van der Waals surface area contributed by atoms with Gasteiger partial charge in [0.25, 0.3) is 0 Å². The number of aryl methyl sites for hydroxylation is 1. The molecule has 0 bridgehead atoms. The number of nitrogens with zero attached hydrogens (tertiary/aromatic N) is 4. The highest BCUT2D eigenvalue weighted by molar-refractivity contribution is 6.23. The average Bonchev–Trinajstić information content (AvgIpc) is 4.25.